The number of halogens is 1. The number of ether oxygens (including phenoxy) is 3. The quantitative estimate of drug-likeness (QED) is 0.760. The minimum Gasteiger partial charge on any atom is -0.452 e. The number of carbonyl (C=O) groups is 2. The van der Waals surface area contributed by atoms with Gasteiger partial charge in [0.15, 0.2) is 0 Å². The van der Waals surface area contributed by atoms with Gasteiger partial charge in [-0.15, -0.1) is 0 Å². The van der Waals surface area contributed by atoms with Gasteiger partial charge in [0.2, 0.25) is 0 Å². The third-order valence-corrected chi connectivity index (χ3v) is 3.68. The van der Waals surface area contributed by atoms with Crippen molar-refractivity contribution in [3.63, 3.8) is 0 Å². The van der Waals surface area contributed by atoms with E-state index in [2.05, 4.69) is 0 Å². The van der Waals surface area contributed by atoms with Crippen LogP contribution in [0.4, 0.5) is 4.79 Å². The zero-order valence-electron chi connectivity index (χ0n) is 13.2. The number of hydrogen-bond donors (Lipinski definition) is 0. The zero-order chi connectivity index (χ0) is 17.8. The Kier molecular flexibility index (Phi) is 4.90. The van der Waals surface area contributed by atoms with E-state index in [9.17, 15) is 9.59 Å². The predicted molar refractivity (Wildman–Crippen MR) is 91.0 cm³/mol. The van der Waals surface area contributed by atoms with Gasteiger partial charge in [0.05, 0.1) is 12.7 Å². The van der Waals surface area contributed by atoms with E-state index in [1.807, 2.05) is 12.1 Å². The van der Waals surface area contributed by atoms with Crippen LogP contribution in [0.25, 0.3) is 6.08 Å². The second-order valence-electron chi connectivity index (χ2n) is 5.07. The first kappa shape index (κ1) is 16.9. The lowest BCUT2D eigenvalue weighted by Gasteiger charge is -2.26. The van der Waals surface area contributed by atoms with Gasteiger partial charge in [-0.25, -0.2) is 14.5 Å². The van der Waals surface area contributed by atoms with Gasteiger partial charge in [0, 0.05) is 16.8 Å². The van der Waals surface area contributed by atoms with Gasteiger partial charge in [-0.1, -0.05) is 35.9 Å². The summed E-state index contributed by atoms with van der Waals surface area (Å²) >= 11 is 5.89. The molecule has 1 unspecified atom stereocenters. The summed E-state index contributed by atoms with van der Waals surface area (Å²) in [5, 5.41) is 0.395. The molecule has 7 heteroatoms. The number of esters is 1. The fourth-order valence-electron chi connectivity index (χ4n) is 2.23. The number of carbonyl (C=O) groups excluding carboxylic acids is 2. The third kappa shape index (κ3) is 3.75. The van der Waals surface area contributed by atoms with Crippen molar-refractivity contribution in [1.82, 2.24) is 4.90 Å². The fourth-order valence-corrected chi connectivity index (χ4v) is 2.42. The molecule has 128 valence electrons. The Bertz CT molecular complexity index is 836. The number of benzene rings is 2. The number of fused-ring (bicyclic) bond motifs is 1. The molecule has 0 saturated carbocycles. The molecule has 0 N–H and O–H groups in total. The first-order chi connectivity index (χ1) is 12.1. The number of hydrogen-bond acceptors (Lipinski definition) is 5. The first-order valence-corrected chi connectivity index (χ1v) is 7.73. The van der Waals surface area contributed by atoms with Crippen molar-refractivity contribution < 1.29 is 23.8 Å². The Balaban J connectivity index is 1.89. The van der Waals surface area contributed by atoms with E-state index < -0.39 is 18.5 Å². The topological polar surface area (TPSA) is 65.1 Å². The summed E-state index contributed by atoms with van der Waals surface area (Å²) in [6.45, 7) is 0. The van der Waals surface area contributed by atoms with Crippen LogP contribution in [-0.2, 0) is 9.47 Å². The van der Waals surface area contributed by atoms with Crippen LogP contribution in [0.5, 0.6) is 5.75 Å². The predicted octanol–water partition coefficient (Wildman–Crippen LogP) is 3.91. The Hall–Kier alpha value is -2.99. The maximum Gasteiger partial charge on any atom is 0.419 e. The highest BCUT2D eigenvalue weighted by Crippen LogP contribution is 2.26. The molecule has 0 saturated heterocycles. The van der Waals surface area contributed by atoms with Gasteiger partial charge in [0.25, 0.3) is 0 Å². The number of rotatable bonds is 2. The molecular weight excluding hydrogens is 346 g/mol. The highest BCUT2D eigenvalue weighted by atomic mass is 35.5. The van der Waals surface area contributed by atoms with Crippen molar-refractivity contribution in [3.8, 4) is 5.75 Å². The summed E-state index contributed by atoms with van der Waals surface area (Å²) in [5.74, 6) is -0.219. The van der Waals surface area contributed by atoms with E-state index in [4.69, 9.17) is 25.8 Å². The summed E-state index contributed by atoms with van der Waals surface area (Å²) in [5.41, 5.74) is 0.972. The van der Waals surface area contributed by atoms with E-state index >= 15 is 0 Å². The molecule has 2 aromatic rings. The molecule has 0 aliphatic carbocycles. The molecule has 0 fully saturated rings. The van der Waals surface area contributed by atoms with Crippen LogP contribution in [0.3, 0.4) is 0 Å². The van der Waals surface area contributed by atoms with Crippen LogP contribution in [0, 0.1) is 0 Å². The van der Waals surface area contributed by atoms with E-state index in [1.54, 1.807) is 36.4 Å². The van der Waals surface area contributed by atoms with Crippen LogP contribution < -0.4 is 4.74 Å². The molecule has 0 bridgehead atoms. The minimum atomic E-state index is -1.32. The van der Waals surface area contributed by atoms with Crippen molar-refractivity contribution in [2.24, 2.45) is 0 Å². The zero-order valence-corrected chi connectivity index (χ0v) is 14.0. The molecule has 2 aromatic carbocycles. The minimum absolute atomic E-state index is 0.238. The average Bonchev–Trinajstić information content (AvgIpc) is 2.80. The normalized spacial score (nSPS) is 15.6. The number of amides is 1. The van der Waals surface area contributed by atoms with Crippen LogP contribution in [0.2, 0.25) is 5.02 Å². The molecule has 0 radical (unpaired) electrons. The lowest BCUT2D eigenvalue weighted by molar-refractivity contribution is -0.113. The summed E-state index contributed by atoms with van der Waals surface area (Å²) < 4.78 is 15.8. The number of para-hydroxylation sites is 1. The molecule has 3 rings (SSSR count). The maximum absolute atomic E-state index is 12.4. The molecule has 1 atom stereocenters. The van der Waals surface area contributed by atoms with Crippen LogP contribution >= 0.6 is 11.6 Å². The van der Waals surface area contributed by atoms with Crippen molar-refractivity contribution in [3.05, 3.63) is 70.9 Å². The monoisotopic (exact) mass is 359 g/mol. The van der Waals surface area contributed by atoms with Gasteiger partial charge in [-0.3, -0.25) is 0 Å². The molecule has 0 aromatic heterocycles. The smallest absolute Gasteiger partial charge is 0.419 e. The highest BCUT2D eigenvalue weighted by Gasteiger charge is 2.31. The SMILES string of the molecule is COC(=O)N1C=Cc2ccccc2OC1OC(=O)c1cccc(Cl)c1. The Morgan fingerprint density at radius 1 is 1.16 bits per heavy atom. The van der Waals surface area contributed by atoms with Crippen molar-refractivity contribution in [2.75, 3.05) is 7.11 Å². The summed E-state index contributed by atoms with van der Waals surface area (Å²) in [7, 11) is 1.23. The Morgan fingerprint density at radius 3 is 2.72 bits per heavy atom. The second-order valence-corrected chi connectivity index (χ2v) is 5.51. The summed E-state index contributed by atoms with van der Waals surface area (Å²) in [6.07, 6.45) is 1.05. The molecule has 25 heavy (non-hydrogen) atoms. The van der Waals surface area contributed by atoms with Gasteiger partial charge < -0.3 is 14.2 Å². The fraction of sp³-hybridized carbons (Fsp3) is 0.111. The molecule has 1 amide bonds. The molecule has 1 aliphatic rings. The standard InChI is InChI=1S/C18H14ClNO5/c1-23-17(22)20-10-9-12-5-2-3-8-15(12)24-18(20)25-16(21)13-6-4-7-14(19)11-13/h2-11,18H,1H3. The van der Waals surface area contributed by atoms with Crippen LogP contribution in [0.1, 0.15) is 15.9 Å². The van der Waals surface area contributed by atoms with E-state index in [0.29, 0.717) is 10.8 Å². The lowest BCUT2D eigenvalue weighted by Crippen LogP contribution is -2.42. The number of methoxy groups -OCH3 is 1. The third-order valence-electron chi connectivity index (χ3n) is 3.44. The van der Waals surface area contributed by atoms with Gasteiger partial charge in [-0.05, 0) is 30.3 Å². The molecule has 1 heterocycles. The molecule has 0 spiro atoms. The Labute approximate surface area is 149 Å². The van der Waals surface area contributed by atoms with Gasteiger partial charge >= 0.3 is 18.5 Å². The van der Waals surface area contributed by atoms with Crippen LogP contribution in [-0.4, -0.2) is 30.5 Å². The molecule has 6 nitrogen and oxygen atoms in total. The van der Waals surface area contributed by atoms with E-state index in [-0.39, 0.29) is 5.56 Å². The average molecular weight is 360 g/mol. The van der Waals surface area contributed by atoms with Crippen molar-refractivity contribution >= 4 is 29.7 Å². The van der Waals surface area contributed by atoms with Crippen molar-refractivity contribution in [1.29, 1.82) is 0 Å². The molecule has 1 aliphatic heterocycles. The summed E-state index contributed by atoms with van der Waals surface area (Å²) in [6, 6.07) is 13.4. The summed E-state index contributed by atoms with van der Waals surface area (Å²) in [4.78, 5) is 25.4. The molecular formula is C18H14ClNO5. The lowest BCUT2D eigenvalue weighted by atomic mass is 10.2. The van der Waals surface area contributed by atoms with Gasteiger partial charge in [-0.2, -0.15) is 0 Å². The maximum atomic E-state index is 12.4. The largest absolute Gasteiger partial charge is 0.452 e. The van der Waals surface area contributed by atoms with Crippen molar-refractivity contribution in [2.45, 2.75) is 6.41 Å². The van der Waals surface area contributed by atoms with Crippen LogP contribution in [0.15, 0.2) is 54.7 Å². The number of nitrogens with zero attached hydrogens (tertiary/aromatic N) is 1. The second kappa shape index (κ2) is 7.27. The highest BCUT2D eigenvalue weighted by molar-refractivity contribution is 6.30. The Morgan fingerprint density at radius 2 is 1.96 bits per heavy atom. The van der Waals surface area contributed by atoms with E-state index in [1.165, 1.54) is 19.4 Å². The van der Waals surface area contributed by atoms with E-state index in [0.717, 1.165) is 10.5 Å². The van der Waals surface area contributed by atoms with Gasteiger partial charge in [0.1, 0.15) is 5.75 Å². The first-order valence-electron chi connectivity index (χ1n) is 7.35.